The van der Waals surface area contributed by atoms with E-state index in [2.05, 4.69) is 41.8 Å². The Morgan fingerprint density at radius 1 is 0.957 bits per heavy atom. The molecule has 0 saturated heterocycles. The van der Waals surface area contributed by atoms with Gasteiger partial charge in [-0.1, -0.05) is 58.6 Å². The molecule has 1 amide bonds. The molecule has 12 nitrogen and oxygen atoms in total. The molecule has 2 unspecified atom stereocenters. The van der Waals surface area contributed by atoms with Crippen molar-refractivity contribution in [1.82, 2.24) is 20.6 Å². The number of hydrogen-bond donors (Lipinski definition) is 7. The highest BCUT2D eigenvalue weighted by Gasteiger charge is 2.39. The molecule has 1 heterocycles. The van der Waals surface area contributed by atoms with Gasteiger partial charge in [0, 0.05) is 28.5 Å². The van der Waals surface area contributed by atoms with Crippen LogP contribution in [0.25, 0.3) is 10.9 Å². The molecule has 0 spiro atoms. The average molecular weight is 738 g/mol. The molecule has 256 valence electrons. The lowest BCUT2D eigenvalue weighted by molar-refractivity contribution is -0.193. The zero-order valence-corrected chi connectivity index (χ0v) is 26.1. The van der Waals surface area contributed by atoms with Crippen molar-refractivity contribution in [2.45, 2.75) is 63.6 Å². The number of carbonyl (C=O) groups excluding carboxylic acids is 1. The molecule has 2 atom stereocenters. The third-order valence-electron chi connectivity index (χ3n) is 6.37. The SMILES string of the molecule is Cc1ccc2nc(C(=O)NCc3ccccc3Br)nc(NC3CCCCC3NC(=N)N)c2c1.O=C(O)C(F)(F)F.O=C(O)C(F)(F)F. The third kappa shape index (κ3) is 12.6. The predicted molar refractivity (Wildman–Crippen MR) is 162 cm³/mol. The van der Waals surface area contributed by atoms with Crippen molar-refractivity contribution in [1.29, 1.82) is 5.41 Å². The van der Waals surface area contributed by atoms with Crippen LogP contribution in [0.15, 0.2) is 46.9 Å². The summed E-state index contributed by atoms with van der Waals surface area (Å²) in [4.78, 5) is 39.9. The Labute approximate surface area is 271 Å². The number of aliphatic carboxylic acids is 2. The zero-order chi connectivity index (χ0) is 35.5. The number of rotatable bonds is 6. The molecule has 2 aromatic carbocycles. The second-order valence-electron chi connectivity index (χ2n) is 10.00. The number of carbonyl (C=O) groups is 3. The van der Waals surface area contributed by atoms with Gasteiger partial charge in [-0.3, -0.25) is 10.2 Å². The van der Waals surface area contributed by atoms with Gasteiger partial charge in [-0.05, 0) is 43.5 Å². The normalized spacial score (nSPS) is 16.0. The number of amides is 1. The minimum absolute atomic E-state index is 0.0266. The zero-order valence-electron chi connectivity index (χ0n) is 24.5. The molecule has 1 aliphatic rings. The number of alkyl halides is 6. The Morgan fingerprint density at radius 3 is 2.04 bits per heavy atom. The molecule has 8 N–H and O–H groups in total. The van der Waals surface area contributed by atoms with Gasteiger partial charge in [0.05, 0.1) is 5.52 Å². The second-order valence-corrected chi connectivity index (χ2v) is 10.9. The van der Waals surface area contributed by atoms with Crippen LogP contribution < -0.4 is 21.7 Å². The van der Waals surface area contributed by atoms with Crippen molar-refractivity contribution in [3.05, 3.63) is 63.9 Å². The standard InChI is InChI=1S/C24H28BrN7O.2C2HF3O2/c1-14-10-11-18-16(12-14)21(30-19-8-4-5-9-20(19)31-24(26)27)32-22(29-18)23(33)28-13-15-6-2-3-7-17(15)25;2*3-2(4,5)1(6)7/h2-3,6-7,10-12,19-20H,4-5,8-9,13H2,1H3,(H,28,33)(H4,26,27,31)(H,29,30,32);2*(H,6,7). The van der Waals surface area contributed by atoms with Crippen molar-refractivity contribution < 1.29 is 50.9 Å². The van der Waals surface area contributed by atoms with Crippen LogP contribution in [0.2, 0.25) is 0 Å². The number of nitrogens with one attached hydrogen (secondary N) is 4. The van der Waals surface area contributed by atoms with E-state index in [1.54, 1.807) is 0 Å². The third-order valence-corrected chi connectivity index (χ3v) is 7.14. The van der Waals surface area contributed by atoms with Gasteiger partial charge >= 0.3 is 24.3 Å². The minimum atomic E-state index is -5.08. The molecule has 1 saturated carbocycles. The summed E-state index contributed by atoms with van der Waals surface area (Å²) in [5, 5.41) is 32.3. The number of nitrogens with zero attached hydrogens (tertiary/aromatic N) is 2. The number of aryl methyl sites for hydroxylation is 1. The van der Waals surface area contributed by atoms with Crippen LogP contribution in [-0.2, 0) is 16.1 Å². The second kappa shape index (κ2) is 16.8. The molecule has 1 fully saturated rings. The molecule has 1 aromatic heterocycles. The first kappa shape index (κ1) is 38.5. The lowest BCUT2D eigenvalue weighted by atomic mass is 9.90. The topological polar surface area (TPSA) is 203 Å². The van der Waals surface area contributed by atoms with Gasteiger partial charge in [0.1, 0.15) is 5.82 Å². The number of anilines is 1. The van der Waals surface area contributed by atoms with E-state index in [-0.39, 0.29) is 29.8 Å². The van der Waals surface area contributed by atoms with Crippen LogP contribution in [-0.4, -0.2) is 68.4 Å². The number of carboxylic acids is 2. The van der Waals surface area contributed by atoms with Gasteiger partial charge in [-0.15, -0.1) is 0 Å². The first-order valence-corrected chi connectivity index (χ1v) is 14.4. The van der Waals surface area contributed by atoms with Crippen molar-refractivity contribution in [2.24, 2.45) is 5.73 Å². The Balaban J connectivity index is 0.000000459. The van der Waals surface area contributed by atoms with Crippen LogP contribution in [0.3, 0.4) is 0 Å². The van der Waals surface area contributed by atoms with Crippen molar-refractivity contribution in [3.8, 4) is 0 Å². The van der Waals surface area contributed by atoms with Crippen LogP contribution in [0, 0.1) is 12.3 Å². The maximum atomic E-state index is 13.0. The van der Waals surface area contributed by atoms with E-state index in [0.29, 0.717) is 17.9 Å². The van der Waals surface area contributed by atoms with E-state index in [1.807, 2.05) is 49.4 Å². The largest absolute Gasteiger partial charge is 0.490 e. The molecule has 19 heteroatoms. The number of nitrogens with two attached hydrogens (primary N) is 1. The van der Waals surface area contributed by atoms with Gasteiger partial charge in [0.2, 0.25) is 5.82 Å². The summed E-state index contributed by atoms with van der Waals surface area (Å²) in [5.41, 5.74) is 8.37. The summed E-state index contributed by atoms with van der Waals surface area (Å²) in [5.74, 6) is -5.15. The fourth-order valence-electron chi connectivity index (χ4n) is 4.20. The molecule has 0 radical (unpaired) electrons. The fourth-order valence-corrected chi connectivity index (χ4v) is 4.63. The van der Waals surface area contributed by atoms with Crippen molar-refractivity contribution in [3.63, 3.8) is 0 Å². The summed E-state index contributed by atoms with van der Waals surface area (Å²) < 4.78 is 64.4. The van der Waals surface area contributed by atoms with E-state index in [1.165, 1.54) is 0 Å². The van der Waals surface area contributed by atoms with Crippen molar-refractivity contribution >= 4 is 56.5 Å². The van der Waals surface area contributed by atoms with Crippen LogP contribution in [0.4, 0.5) is 32.2 Å². The minimum Gasteiger partial charge on any atom is -0.475 e. The van der Waals surface area contributed by atoms with Gasteiger partial charge < -0.3 is 31.9 Å². The Morgan fingerprint density at radius 2 is 1.51 bits per heavy atom. The number of guanidine groups is 1. The molecule has 0 aliphatic heterocycles. The molecule has 0 bridgehead atoms. The molecular weight excluding hydrogens is 708 g/mol. The highest BCUT2D eigenvalue weighted by Crippen LogP contribution is 2.27. The van der Waals surface area contributed by atoms with E-state index < -0.39 is 24.3 Å². The van der Waals surface area contributed by atoms with E-state index >= 15 is 0 Å². The van der Waals surface area contributed by atoms with Crippen molar-refractivity contribution in [2.75, 3.05) is 5.32 Å². The monoisotopic (exact) mass is 737 g/mol. The number of benzene rings is 2. The maximum absolute atomic E-state index is 13.0. The smallest absolute Gasteiger partial charge is 0.475 e. The van der Waals surface area contributed by atoms with Crippen LogP contribution >= 0.6 is 15.9 Å². The summed E-state index contributed by atoms with van der Waals surface area (Å²) in [6, 6.07) is 13.7. The van der Waals surface area contributed by atoms with Crippen LogP contribution in [0.1, 0.15) is 47.4 Å². The number of aromatic nitrogens is 2. The van der Waals surface area contributed by atoms with E-state index in [0.717, 1.165) is 46.7 Å². The summed E-state index contributed by atoms with van der Waals surface area (Å²) >= 11 is 3.51. The first-order chi connectivity index (χ1) is 21.8. The Bertz CT molecular complexity index is 1570. The predicted octanol–water partition coefficient (Wildman–Crippen LogP) is 5.10. The van der Waals surface area contributed by atoms with Gasteiger partial charge in [0.15, 0.2) is 5.96 Å². The first-order valence-electron chi connectivity index (χ1n) is 13.6. The van der Waals surface area contributed by atoms with Gasteiger partial charge in [-0.25, -0.2) is 19.6 Å². The summed E-state index contributed by atoms with van der Waals surface area (Å²) in [7, 11) is 0. The van der Waals surface area contributed by atoms with Gasteiger partial charge in [0.25, 0.3) is 5.91 Å². The molecule has 3 aromatic rings. The molecule has 1 aliphatic carbocycles. The van der Waals surface area contributed by atoms with Crippen LogP contribution in [0.5, 0.6) is 0 Å². The summed E-state index contributed by atoms with van der Waals surface area (Å²) in [6.07, 6.45) is -6.17. The number of halogens is 7. The number of carboxylic acid groups (broad SMARTS) is 2. The molecule has 47 heavy (non-hydrogen) atoms. The molecular formula is C28H30BrF6N7O5. The quantitative estimate of drug-likeness (QED) is 0.101. The number of fused-ring (bicyclic) bond motifs is 1. The van der Waals surface area contributed by atoms with E-state index in [4.69, 9.17) is 30.9 Å². The Kier molecular flexibility index (Phi) is 13.7. The lowest BCUT2D eigenvalue weighted by Crippen LogP contribution is -2.50. The van der Waals surface area contributed by atoms with Gasteiger partial charge in [-0.2, -0.15) is 26.3 Å². The fraction of sp³-hybridized carbons (Fsp3) is 0.357. The molecule has 4 rings (SSSR count). The lowest BCUT2D eigenvalue weighted by Gasteiger charge is -2.33. The maximum Gasteiger partial charge on any atom is 0.490 e. The summed E-state index contributed by atoms with van der Waals surface area (Å²) in [6.45, 7) is 2.38. The highest BCUT2D eigenvalue weighted by molar-refractivity contribution is 9.10. The Hall–Kier alpha value is -4.68. The average Bonchev–Trinajstić information content (AvgIpc) is 2.97. The number of hydrogen-bond acceptors (Lipinski definition) is 7. The highest BCUT2D eigenvalue weighted by atomic mass is 79.9. The van der Waals surface area contributed by atoms with E-state index in [9.17, 15) is 31.1 Å².